The number of benzene rings is 2. The summed E-state index contributed by atoms with van der Waals surface area (Å²) in [6.07, 6.45) is 0.390. The number of carbonyl (C=O) groups excluding carboxylic acids is 2. The molecule has 132 valence electrons. The molecular formula is C20H16O6. The van der Waals surface area contributed by atoms with E-state index in [0.29, 0.717) is 23.1 Å². The minimum absolute atomic E-state index is 0.00741. The van der Waals surface area contributed by atoms with Gasteiger partial charge in [0.05, 0.1) is 7.11 Å². The predicted molar refractivity (Wildman–Crippen MR) is 95.1 cm³/mol. The van der Waals surface area contributed by atoms with Crippen LogP contribution in [0.4, 0.5) is 0 Å². The summed E-state index contributed by atoms with van der Waals surface area (Å²) >= 11 is 0. The minimum Gasteiger partial charge on any atom is -0.493 e. The van der Waals surface area contributed by atoms with E-state index in [1.807, 2.05) is 0 Å². The first-order valence-corrected chi connectivity index (χ1v) is 7.99. The molecule has 1 heterocycles. The highest BCUT2D eigenvalue weighted by Gasteiger charge is 2.17. The molecule has 6 nitrogen and oxygen atoms in total. The van der Waals surface area contributed by atoms with Crippen LogP contribution in [-0.2, 0) is 0 Å². The van der Waals surface area contributed by atoms with Crippen molar-refractivity contribution in [2.24, 2.45) is 0 Å². The molecule has 0 bridgehead atoms. The molecule has 0 amide bonds. The molecule has 0 radical (unpaired) electrons. The number of ketones is 1. The summed E-state index contributed by atoms with van der Waals surface area (Å²) in [6.45, 7) is 1.77. The number of ether oxygens (including phenoxy) is 2. The van der Waals surface area contributed by atoms with Crippen molar-refractivity contribution in [1.82, 2.24) is 0 Å². The van der Waals surface area contributed by atoms with Crippen LogP contribution in [0.1, 0.15) is 34.1 Å². The van der Waals surface area contributed by atoms with Crippen LogP contribution in [0.3, 0.4) is 0 Å². The minimum atomic E-state index is -0.835. The molecule has 0 saturated carbocycles. The lowest BCUT2D eigenvalue weighted by Crippen LogP contribution is -2.18. The van der Waals surface area contributed by atoms with Crippen LogP contribution >= 0.6 is 0 Å². The summed E-state index contributed by atoms with van der Waals surface area (Å²) in [4.78, 5) is 36.1. The molecule has 0 aliphatic carbocycles. The van der Waals surface area contributed by atoms with Crippen LogP contribution in [-0.4, -0.2) is 18.9 Å². The fourth-order valence-corrected chi connectivity index (χ4v) is 2.50. The van der Waals surface area contributed by atoms with Crippen molar-refractivity contribution in [3.63, 3.8) is 0 Å². The number of methoxy groups -OCH3 is 1. The van der Waals surface area contributed by atoms with E-state index in [1.165, 1.54) is 25.3 Å². The number of fused-ring (bicyclic) bond motifs is 1. The molecule has 3 rings (SSSR count). The molecule has 0 aliphatic heterocycles. The molecule has 0 atom stereocenters. The molecule has 2 aromatic carbocycles. The zero-order valence-electron chi connectivity index (χ0n) is 14.3. The molecule has 0 saturated heterocycles. The average Bonchev–Trinajstić information content (AvgIpc) is 2.66. The van der Waals surface area contributed by atoms with Crippen molar-refractivity contribution in [3.05, 3.63) is 70.1 Å². The van der Waals surface area contributed by atoms with Gasteiger partial charge in [0.15, 0.2) is 17.1 Å². The predicted octanol–water partition coefficient (Wildman–Crippen LogP) is 3.61. The Balaban J connectivity index is 1.89. The normalized spacial score (nSPS) is 10.5. The number of carbonyl (C=O) groups is 2. The molecule has 1 aromatic heterocycles. The molecular weight excluding hydrogens is 336 g/mol. The van der Waals surface area contributed by atoms with Gasteiger partial charge in [-0.1, -0.05) is 19.1 Å². The molecule has 3 aromatic rings. The van der Waals surface area contributed by atoms with Gasteiger partial charge in [0.2, 0.25) is 0 Å². The smallest absolute Gasteiger partial charge is 0.351 e. The Kier molecular flexibility index (Phi) is 4.84. The quantitative estimate of drug-likeness (QED) is 0.302. The van der Waals surface area contributed by atoms with Crippen molar-refractivity contribution < 1.29 is 23.5 Å². The second kappa shape index (κ2) is 7.23. The van der Waals surface area contributed by atoms with Gasteiger partial charge < -0.3 is 13.9 Å². The lowest BCUT2D eigenvalue weighted by atomic mass is 10.1. The Labute approximate surface area is 149 Å². The number of hydrogen-bond donors (Lipinski definition) is 0. The van der Waals surface area contributed by atoms with Gasteiger partial charge in [-0.2, -0.15) is 0 Å². The van der Waals surface area contributed by atoms with E-state index in [4.69, 9.17) is 13.9 Å². The standard InChI is InChI=1S/C20H16O6/c1-3-16(21)12-7-9-14(10-8-12)25-19(22)15-11-13-5-4-6-17(24-2)18(13)26-20(15)23/h4-11H,3H2,1-2H3. The Morgan fingerprint density at radius 1 is 1.08 bits per heavy atom. The van der Waals surface area contributed by atoms with Crippen LogP contribution < -0.4 is 15.1 Å². The van der Waals surface area contributed by atoms with Gasteiger partial charge in [-0.3, -0.25) is 4.79 Å². The number of Topliss-reactive ketones (excluding diaryl/α,β-unsaturated/α-hetero) is 1. The van der Waals surface area contributed by atoms with Crippen LogP contribution in [0.2, 0.25) is 0 Å². The van der Waals surface area contributed by atoms with Crippen LogP contribution in [0, 0.1) is 0 Å². The zero-order valence-corrected chi connectivity index (χ0v) is 14.3. The van der Waals surface area contributed by atoms with Crippen LogP contribution in [0.25, 0.3) is 11.0 Å². The van der Waals surface area contributed by atoms with E-state index in [2.05, 4.69) is 0 Å². The number of esters is 1. The second-order valence-electron chi connectivity index (χ2n) is 5.52. The fourth-order valence-electron chi connectivity index (χ4n) is 2.50. The van der Waals surface area contributed by atoms with Crippen molar-refractivity contribution in [1.29, 1.82) is 0 Å². The third kappa shape index (κ3) is 3.35. The zero-order chi connectivity index (χ0) is 18.7. The van der Waals surface area contributed by atoms with Gasteiger partial charge in [0.25, 0.3) is 0 Å². The topological polar surface area (TPSA) is 82.8 Å². The molecule has 0 spiro atoms. The highest BCUT2D eigenvalue weighted by atomic mass is 16.5. The van der Waals surface area contributed by atoms with E-state index in [0.717, 1.165) is 0 Å². The first kappa shape index (κ1) is 17.4. The maximum atomic E-state index is 12.3. The third-order valence-electron chi connectivity index (χ3n) is 3.87. The monoisotopic (exact) mass is 352 g/mol. The Bertz CT molecular complexity index is 1030. The summed E-state index contributed by atoms with van der Waals surface area (Å²) < 4.78 is 15.6. The number of rotatable bonds is 5. The van der Waals surface area contributed by atoms with E-state index in [1.54, 1.807) is 37.3 Å². The third-order valence-corrected chi connectivity index (χ3v) is 3.87. The Morgan fingerprint density at radius 2 is 1.81 bits per heavy atom. The lowest BCUT2D eigenvalue weighted by molar-refractivity contribution is 0.0730. The Hall–Kier alpha value is -3.41. The van der Waals surface area contributed by atoms with Crippen molar-refractivity contribution in [2.45, 2.75) is 13.3 Å². The molecule has 0 N–H and O–H groups in total. The van der Waals surface area contributed by atoms with Crippen molar-refractivity contribution >= 4 is 22.7 Å². The fraction of sp³-hybridized carbons (Fsp3) is 0.150. The number of hydrogen-bond acceptors (Lipinski definition) is 6. The second-order valence-corrected chi connectivity index (χ2v) is 5.52. The number of para-hydroxylation sites is 1. The van der Waals surface area contributed by atoms with E-state index in [-0.39, 0.29) is 22.7 Å². The largest absolute Gasteiger partial charge is 0.493 e. The molecule has 0 fully saturated rings. The van der Waals surface area contributed by atoms with E-state index >= 15 is 0 Å². The molecule has 6 heteroatoms. The summed E-state index contributed by atoms with van der Waals surface area (Å²) in [6, 6.07) is 12.6. The first-order chi connectivity index (χ1) is 12.5. The van der Waals surface area contributed by atoms with E-state index in [9.17, 15) is 14.4 Å². The van der Waals surface area contributed by atoms with Crippen molar-refractivity contribution in [3.8, 4) is 11.5 Å². The van der Waals surface area contributed by atoms with Gasteiger partial charge in [0.1, 0.15) is 11.3 Å². The van der Waals surface area contributed by atoms with Crippen molar-refractivity contribution in [2.75, 3.05) is 7.11 Å². The van der Waals surface area contributed by atoms with Gasteiger partial charge >= 0.3 is 11.6 Å². The summed E-state index contributed by atoms with van der Waals surface area (Å²) in [7, 11) is 1.46. The van der Waals surface area contributed by atoms with Gasteiger partial charge in [0, 0.05) is 17.4 Å². The summed E-state index contributed by atoms with van der Waals surface area (Å²) in [5.74, 6) is -0.214. The summed E-state index contributed by atoms with van der Waals surface area (Å²) in [5.41, 5.74) is -0.243. The summed E-state index contributed by atoms with van der Waals surface area (Å²) in [5, 5.41) is 0.541. The van der Waals surface area contributed by atoms with Gasteiger partial charge in [-0.05, 0) is 36.4 Å². The lowest BCUT2D eigenvalue weighted by Gasteiger charge is -2.07. The first-order valence-electron chi connectivity index (χ1n) is 7.99. The van der Waals surface area contributed by atoms with Gasteiger partial charge in [-0.15, -0.1) is 0 Å². The molecule has 0 unspecified atom stereocenters. The SMILES string of the molecule is CCC(=O)c1ccc(OC(=O)c2cc3cccc(OC)c3oc2=O)cc1. The Morgan fingerprint density at radius 3 is 2.46 bits per heavy atom. The molecule has 26 heavy (non-hydrogen) atoms. The molecule has 0 aliphatic rings. The van der Waals surface area contributed by atoms with Crippen LogP contribution in [0.5, 0.6) is 11.5 Å². The highest BCUT2D eigenvalue weighted by Crippen LogP contribution is 2.24. The van der Waals surface area contributed by atoms with Crippen LogP contribution in [0.15, 0.2) is 57.7 Å². The maximum Gasteiger partial charge on any atom is 0.351 e. The maximum absolute atomic E-state index is 12.3. The average molecular weight is 352 g/mol. The highest BCUT2D eigenvalue weighted by molar-refractivity contribution is 5.97. The van der Waals surface area contributed by atoms with Gasteiger partial charge in [-0.25, -0.2) is 9.59 Å². The van der Waals surface area contributed by atoms with E-state index < -0.39 is 11.6 Å².